The highest BCUT2D eigenvalue weighted by Gasteiger charge is 2.43. The molecule has 0 spiro atoms. The lowest BCUT2D eigenvalue weighted by Gasteiger charge is -2.51. The van der Waals surface area contributed by atoms with Crippen LogP contribution in [0.2, 0.25) is 0 Å². The monoisotopic (exact) mass is 113 g/mol. The molecule has 3 saturated heterocycles. The fourth-order valence-corrected chi connectivity index (χ4v) is 1.64. The highest BCUT2D eigenvalue weighted by Crippen LogP contribution is 2.28. The van der Waals surface area contributed by atoms with E-state index >= 15 is 0 Å². The topological polar surface area (TPSA) is 21.3 Å². The van der Waals surface area contributed by atoms with Gasteiger partial charge in [-0.3, -0.25) is 0 Å². The summed E-state index contributed by atoms with van der Waals surface area (Å²) < 4.78 is 5.27. The second kappa shape index (κ2) is 1.25. The molecule has 0 amide bonds. The highest BCUT2D eigenvalue weighted by molar-refractivity contribution is 5.02. The first-order chi connectivity index (χ1) is 3.79. The molecule has 0 saturated carbocycles. The second-order valence-electron chi connectivity index (χ2n) is 3.12. The molecule has 0 aliphatic carbocycles. The first-order valence-electron chi connectivity index (χ1n) is 3.14. The Bertz CT molecular complexity index is 102. The van der Waals surface area contributed by atoms with Crippen LogP contribution in [0.5, 0.6) is 0 Å². The summed E-state index contributed by atoms with van der Waals surface area (Å²) in [6.45, 7) is 4.04. The van der Waals surface area contributed by atoms with E-state index < -0.39 is 0 Å². The van der Waals surface area contributed by atoms with Crippen molar-refractivity contribution in [3.8, 4) is 0 Å². The first kappa shape index (κ1) is 4.77. The zero-order valence-corrected chi connectivity index (χ0v) is 5.11. The summed E-state index contributed by atoms with van der Waals surface area (Å²) in [5.74, 6) is 0. The number of rotatable bonds is 0. The van der Waals surface area contributed by atoms with Crippen molar-refractivity contribution in [2.24, 2.45) is 0 Å². The van der Waals surface area contributed by atoms with Crippen LogP contribution in [0.15, 0.2) is 0 Å². The summed E-state index contributed by atoms with van der Waals surface area (Å²) in [4.78, 5) is 0. The minimum atomic E-state index is 0.350. The van der Waals surface area contributed by atoms with Gasteiger partial charge in [0.2, 0.25) is 0 Å². The third kappa shape index (κ3) is 0.501. The van der Waals surface area contributed by atoms with Crippen LogP contribution >= 0.6 is 0 Å². The van der Waals surface area contributed by atoms with Crippen LogP contribution in [-0.2, 0) is 4.74 Å². The molecular weight excluding hydrogens is 102 g/mol. The van der Waals surface area contributed by atoms with Gasteiger partial charge >= 0.3 is 0 Å². The minimum absolute atomic E-state index is 0.350. The molecule has 3 rings (SSSR count). The molecule has 8 heavy (non-hydrogen) atoms. The average Bonchev–Trinajstić information content (AvgIpc) is 1.63. The molecular formula is C6H11NO. The number of morpholine rings is 1. The maximum Gasteiger partial charge on any atom is 0.0647 e. The standard InChI is InChI=1S/C6H11NO/c1-6-2-5(7-6)3-8-4-6/h5,7H,2-4H2,1H3. The van der Waals surface area contributed by atoms with E-state index in [4.69, 9.17) is 4.74 Å². The lowest BCUT2D eigenvalue weighted by atomic mass is 9.82. The molecule has 46 valence electrons. The summed E-state index contributed by atoms with van der Waals surface area (Å²) in [5, 5.41) is 3.43. The van der Waals surface area contributed by atoms with Crippen molar-refractivity contribution in [2.75, 3.05) is 13.2 Å². The Morgan fingerprint density at radius 3 is 2.75 bits per heavy atom. The molecule has 3 aliphatic heterocycles. The van der Waals surface area contributed by atoms with Crippen LogP contribution < -0.4 is 5.32 Å². The van der Waals surface area contributed by atoms with E-state index in [0.717, 1.165) is 13.2 Å². The van der Waals surface area contributed by atoms with E-state index in [1.165, 1.54) is 6.42 Å². The molecule has 2 unspecified atom stereocenters. The van der Waals surface area contributed by atoms with E-state index in [9.17, 15) is 0 Å². The van der Waals surface area contributed by atoms with Crippen LogP contribution in [0.25, 0.3) is 0 Å². The van der Waals surface area contributed by atoms with Crippen molar-refractivity contribution in [2.45, 2.75) is 24.9 Å². The summed E-state index contributed by atoms with van der Waals surface area (Å²) in [7, 11) is 0. The van der Waals surface area contributed by atoms with Gasteiger partial charge in [-0.1, -0.05) is 0 Å². The number of nitrogens with one attached hydrogen (secondary N) is 1. The Morgan fingerprint density at radius 1 is 1.75 bits per heavy atom. The molecule has 3 heterocycles. The molecule has 0 aromatic carbocycles. The van der Waals surface area contributed by atoms with Gasteiger partial charge in [0.05, 0.1) is 13.2 Å². The van der Waals surface area contributed by atoms with E-state index in [2.05, 4.69) is 12.2 Å². The van der Waals surface area contributed by atoms with Crippen LogP contribution in [0.1, 0.15) is 13.3 Å². The SMILES string of the molecule is CC12COCC(C1)N2. The Kier molecular flexibility index (Phi) is 0.746. The third-order valence-electron chi connectivity index (χ3n) is 1.99. The number of ether oxygens (including phenoxy) is 1. The van der Waals surface area contributed by atoms with Gasteiger partial charge in [0, 0.05) is 11.6 Å². The Hall–Kier alpha value is -0.0800. The molecule has 0 radical (unpaired) electrons. The molecule has 2 nitrogen and oxygen atoms in total. The summed E-state index contributed by atoms with van der Waals surface area (Å²) in [6, 6.07) is 0.675. The molecule has 1 N–H and O–H groups in total. The fraction of sp³-hybridized carbons (Fsp3) is 1.00. The van der Waals surface area contributed by atoms with Crippen molar-refractivity contribution in [1.29, 1.82) is 0 Å². The summed E-state index contributed by atoms with van der Waals surface area (Å²) >= 11 is 0. The average molecular weight is 113 g/mol. The van der Waals surface area contributed by atoms with Crippen LogP contribution in [0.4, 0.5) is 0 Å². The largest absolute Gasteiger partial charge is 0.378 e. The summed E-state index contributed by atoms with van der Waals surface area (Å²) in [6.07, 6.45) is 1.31. The van der Waals surface area contributed by atoms with Gasteiger partial charge < -0.3 is 10.1 Å². The van der Waals surface area contributed by atoms with Gasteiger partial charge in [-0.15, -0.1) is 0 Å². The van der Waals surface area contributed by atoms with Crippen molar-refractivity contribution >= 4 is 0 Å². The zero-order valence-electron chi connectivity index (χ0n) is 5.11. The number of hydrogen-bond donors (Lipinski definition) is 1. The second-order valence-corrected chi connectivity index (χ2v) is 3.12. The van der Waals surface area contributed by atoms with Gasteiger partial charge in [-0.05, 0) is 13.3 Å². The van der Waals surface area contributed by atoms with Crippen LogP contribution in [-0.4, -0.2) is 24.8 Å². The molecule has 0 aromatic heterocycles. The van der Waals surface area contributed by atoms with E-state index in [-0.39, 0.29) is 0 Å². The predicted molar refractivity (Wildman–Crippen MR) is 30.8 cm³/mol. The molecule has 2 atom stereocenters. The molecule has 2 heteroatoms. The maximum absolute atomic E-state index is 5.27. The van der Waals surface area contributed by atoms with Crippen molar-refractivity contribution in [3.05, 3.63) is 0 Å². The Balaban J connectivity index is 2.06. The fourth-order valence-electron chi connectivity index (χ4n) is 1.64. The lowest BCUT2D eigenvalue weighted by molar-refractivity contribution is -0.0676. The van der Waals surface area contributed by atoms with Crippen LogP contribution in [0, 0.1) is 0 Å². The van der Waals surface area contributed by atoms with E-state index in [1.54, 1.807) is 0 Å². The minimum Gasteiger partial charge on any atom is -0.378 e. The quantitative estimate of drug-likeness (QED) is 0.482. The third-order valence-corrected chi connectivity index (χ3v) is 1.99. The number of fused-ring (bicyclic) bond motifs is 2. The normalized spacial score (nSPS) is 52.9. The van der Waals surface area contributed by atoms with Crippen molar-refractivity contribution in [1.82, 2.24) is 5.32 Å². The molecule has 3 aliphatic rings. The van der Waals surface area contributed by atoms with E-state index in [1.807, 2.05) is 0 Å². The van der Waals surface area contributed by atoms with Gasteiger partial charge in [0.15, 0.2) is 0 Å². The van der Waals surface area contributed by atoms with Gasteiger partial charge in [-0.2, -0.15) is 0 Å². The predicted octanol–water partition coefficient (Wildman–Crippen LogP) is 0.137. The molecule has 3 fully saturated rings. The van der Waals surface area contributed by atoms with Crippen molar-refractivity contribution < 1.29 is 4.74 Å². The first-order valence-corrected chi connectivity index (χ1v) is 3.14. The Morgan fingerprint density at radius 2 is 2.50 bits per heavy atom. The lowest BCUT2D eigenvalue weighted by Crippen LogP contribution is -2.69. The van der Waals surface area contributed by atoms with E-state index in [0.29, 0.717) is 11.6 Å². The Labute approximate surface area is 49.2 Å². The van der Waals surface area contributed by atoms with Crippen LogP contribution in [0.3, 0.4) is 0 Å². The molecule has 0 aromatic rings. The van der Waals surface area contributed by atoms with Crippen molar-refractivity contribution in [3.63, 3.8) is 0 Å². The highest BCUT2D eigenvalue weighted by atomic mass is 16.5. The van der Waals surface area contributed by atoms with Gasteiger partial charge in [0.1, 0.15) is 0 Å². The number of hydrogen-bond acceptors (Lipinski definition) is 2. The van der Waals surface area contributed by atoms with Gasteiger partial charge in [-0.25, -0.2) is 0 Å². The maximum atomic E-state index is 5.27. The smallest absolute Gasteiger partial charge is 0.0647 e. The summed E-state index contributed by atoms with van der Waals surface area (Å²) in [5.41, 5.74) is 0.350. The van der Waals surface area contributed by atoms with Gasteiger partial charge in [0.25, 0.3) is 0 Å². The molecule has 2 bridgehead atoms. The zero-order chi connectivity index (χ0) is 5.61.